The maximum absolute atomic E-state index is 13.1. The van der Waals surface area contributed by atoms with Crippen molar-refractivity contribution in [3.8, 4) is 11.1 Å². The summed E-state index contributed by atoms with van der Waals surface area (Å²) in [7, 11) is 0. The molecule has 2 fully saturated rings. The number of hydrogen-bond donors (Lipinski definition) is 2. The fraction of sp³-hybridized carbons (Fsp3) is 0.426. The summed E-state index contributed by atoms with van der Waals surface area (Å²) >= 11 is 0. The SMILES string of the molecule is O=C(CCc1ccc2c(c1)C(=O)N(C1CCC(=O)NC1=O)C2=O)NCCCCCCCCCC(=O)N1CCN(c2ccc(-c3cnc(CCc4ccco4)n4cnnc34)cc2)CC1. The molecular formula is C47H53N9O7. The van der Waals surface area contributed by atoms with E-state index in [2.05, 4.69) is 50.0 Å². The van der Waals surface area contributed by atoms with Gasteiger partial charge in [-0.15, -0.1) is 10.2 Å². The molecule has 3 aromatic heterocycles. The van der Waals surface area contributed by atoms with E-state index in [9.17, 15) is 28.8 Å². The van der Waals surface area contributed by atoms with Crippen molar-refractivity contribution in [3.05, 3.63) is 102 Å². The third kappa shape index (κ3) is 10.2. The number of piperazine rings is 1. The lowest BCUT2D eigenvalue weighted by Crippen LogP contribution is -2.54. The molecule has 16 nitrogen and oxygen atoms in total. The Morgan fingerprint density at radius 2 is 1.56 bits per heavy atom. The van der Waals surface area contributed by atoms with Gasteiger partial charge >= 0.3 is 0 Å². The molecule has 2 saturated heterocycles. The highest BCUT2D eigenvalue weighted by atomic mass is 16.3. The Labute approximate surface area is 365 Å². The van der Waals surface area contributed by atoms with E-state index in [1.165, 1.54) is 0 Å². The first-order chi connectivity index (χ1) is 30.7. The van der Waals surface area contributed by atoms with Gasteiger partial charge in [0.25, 0.3) is 11.8 Å². The van der Waals surface area contributed by atoms with Crippen molar-refractivity contribution in [3.63, 3.8) is 0 Å². The molecule has 0 saturated carbocycles. The zero-order valence-corrected chi connectivity index (χ0v) is 35.4. The number of aromatic nitrogens is 4. The summed E-state index contributed by atoms with van der Waals surface area (Å²) in [6, 6.07) is 16.2. The average Bonchev–Trinajstić information content (AvgIpc) is 4.07. The van der Waals surface area contributed by atoms with Crippen molar-refractivity contribution in [2.45, 2.75) is 95.9 Å². The van der Waals surface area contributed by atoms with Crippen LogP contribution in [0.2, 0.25) is 0 Å². The van der Waals surface area contributed by atoms with Gasteiger partial charge in [0.1, 0.15) is 24.0 Å². The number of imide groups is 2. The van der Waals surface area contributed by atoms with Crippen molar-refractivity contribution < 1.29 is 33.2 Å². The van der Waals surface area contributed by atoms with Gasteiger partial charge in [-0.05, 0) is 73.2 Å². The van der Waals surface area contributed by atoms with E-state index >= 15 is 0 Å². The average molecular weight is 856 g/mol. The normalized spacial score (nSPS) is 16.5. The first kappa shape index (κ1) is 43.0. The van der Waals surface area contributed by atoms with Gasteiger partial charge in [-0.25, -0.2) is 4.98 Å². The Kier molecular flexibility index (Phi) is 13.6. The van der Waals surface area contributed by atoms with Gasteiger partial charge in [0, 0.05) is 82.3 Å². The van der Waals surface area contributed by atoms with Crippen LogP contribution in [0.1, 0.15) is 108 Å². The number of furan rings is 1. The van der Waals surface area contributed by atoms with Crippen LogP contribution in [0.3, 0.4) is 0 Å². The zero-order chi connectivity index (χ0) is 43.7. The summed E-state index contributed by atoms with van der Waals surface area (Å²) in [5, 5.41) is 13.7. The standard InChI is InChI=1S/C47H53N9O7/c57-41(21-12-32-11-18-36-37(29-32)47(62)56(46(36)61)39-19-22-42(58)51-45(39)60)48-23-7-5-3-1-2-4-6-10-43(59)54-26-24-53(25-27-54)34-15-13-33(14-16-34)38-30-49-40(55-31-50-52-44(38)55)20-17-35-9-8-28-63-35/h8-9,11,13-16,18,28-31,39H,1-7,10,12,17,19-27H2,(H,48,57)(H,51,58,60). The summed E-state index contributed by atoms with van der Waals surface area (Å²) in [5.41, 5.74) is 5.04. The molecule has 6 heterocycles. The third-order valence-corrected chi connectivity index (χ3v) is 12.3. The Morgan fingerprint density at radius 1 is 0.794 bits per heavy atom. The number of piperidine rings is 1. The Bertz CT molecular complexity index is 2460. The van der Waals surface area contributed by atoms with Crippen LogP contribution in [0.4, 0.5) is 5.69 Å². The number of benzene rings is 2. The lowest BCUT2D eigenvalue weighted by Gasteiger charge is -2.36. The number of rotatable bonds is 19. The number of aryl methyl sites for hydroxylation is 3. The minimum absolute atomic E-state index is 0.0637. The molecule has 0 spiro atoms. The molecule has 2 aromatic carbocycles. The van der Waals surface area contributed by atoms with Crippen LogP contribution in [-0.4, -0.2) is 104 Å². The summed E-state index contributed by atoms with van der Waals surface area (Å²) in [5.74, 6) is -0.215. The monoisotopic (exact) mass is 855 g/mol. The largest absolute Gasteiger partial charge is 0.469 e. The predicted octanol–water partition coefficient (Wildman–Crippen LogP) is 5.09. The van der Waals surface area contributed by atoms with E-state index in [4.69, 9.17) is 9.40 Å². The van der Waals surface area contributed by atoms with Crippen molar-refractivity contribution in [1.82, 2.24) is 40.0 Å². The van der Waals surface area contributed by atoms with E-state index in [-0.39, 0.29) is 42.2 Å². The molecule has 8 rings (SSSR count). The lowest BCUT2D eigenvalue weighted by atomic mass is 10.0. The smallest absolute Gasteiger partial charge is 0.262 e. The predicted molar refractivity (Wildman–Crippen MR) is 233 cm³/mol. The molecule has 63 heavy (non-hydrogen) atoms. The minimum atomic E-state index is -1.01. The number of nitrogens with zero attached hydrogens (tertiary/aromatic N) is 7. The molecule has 1 unspecified atom stereocenters. The van der Waals surface area contributed by atoms with Gasteiger partial charge in [0.2, 0.25) is 23.6 Å². The van der Waals surface area contributed by atoms with E-state index in [1.807, 2.05) is 27.6 Å². The summed E-state index contributed by atoms with van der Waals surface area (Å²) < 4.78 is 7.42. The molecule has 0 radical (unpaired) electrons. The second kappa shape index (κ2) is 20.0. The summed E-state index contributed by atoms with van der Waals surface area (Å²) in [6.45, 7) is 3.61. The number of amides is 6. The fourth-order valence-electron chi connectivity index (χ4n) is 8.70. The van der Waals surface area contributed by atoms with Crippen molar-refractivity contribution >= 4 is 46.8 Å². The number of carbonyl (C=O) groups excluding carboxylic acids is 6. The van der Waals surface area contributed by atoms with E-state index in [0.717, 1.165) is 109 Å². The number of fused-ring (bicyclic) bond motifs is 2. The van der Waals surface area contributed by atoms with Gasteiger partial charge in [0.15, 0.2) is 5.65 Å². The molecule has 16 heteroatoms. The second-order valence-corrected chi connectivity index (χ2v) is 16.5. The van der Waals surface area contributed by atoms with Gasteiger partial charge in [-0.1, -0.05) is 50.3 Å². The lowest BCUT2D eigenvalue weighted by molar-refractivity contribution is -0.136. The molecule has 0 aliphatic carbocycles. The quantitative estimate of drug-likeness (QED) is 0.0831. The highest BCUT2D eigenvalue weighted by Crippen LogP contribution is 2.30. The maximum atomic E-state index is 13.1. The first-order valence-corrected chi connectivity index (χ1v) is 22.2. The van der Waals surface area contributed by atoms with Crippen molar-refractivity contribution in [2.24, 2.45) is 0 Å². The molecule has 1 atom stereocenters. The Morgan fingerprint density at radius 3 is 2.32 bits per heavy atom. The molecular weight excluding hydrogens is 803 g/mol. The highest BCUT2D eigenvalue weighted by Gasteiger charge is 2.44. The molecule has 5 aromatic rings. The van der Waals surface area contributed by atoms with Crippen LogP contribution >= 0.6 is 0 Å². The van der Waals surface area contributed by atoms with Crippen LogP contribution in [-0.2, 0) is 38.4 Å². The number of nitrogens with one attached hydrogen (secondary N) is 2. The fourth-order valence-corrected chi connectivity index (χ4v) is 8.70. The first-order valence-electron chi connectivity index (χ1n) is 22.2. The van der Waals surface area contributed by atoms with Crippen LogP contribution in [0.15, 0.2) is 77.8 Å². The Balaban J connectivity index is 0.662. The van der Waals surface area contributed by atoms with Gasteiger partial charge in [0.05, 0.1) is 17.4 Å². The summed E-state index contributed by atoms with van der Waals surface area (Å²) in [4.78, 5) is 85.4. The highest BCUT2D eigenvalue weighted by molar-refractivity contribution is 6.23. The number of anilines is 1. The van der Waals surface area contributed by atoms with Crippen LogP contribution in [0, 0.1) is 0 Å². The molecule has 3 aliphatic rings. The molecule has 328 valence electrons. The van der Waals surface area contributed by atoms with Crippen LogP contribution in [0.5, 0.6) is 0 Å². The topological polar surface area (TPSA) is 192 Å². The van der Waals surface area contributed by atoms with E-state index in [1.54, 1.807) is 30.8 Å². The third-order valence-electron chi connectivity index (χ3n) is 12.3. The number of carbonyl (C=O) groups is 6. The molecule has 2 N–H and O–H groups in total. The Hall–Kier alpha value is -6.71. The van der Waals surface area contributed by atoms with Gasteiger partial charge in [-0.3, -0.25) is 43.4 Å². The molecule has 0 bridgehead atoms. The van der Waals surface area contributed by atoms with Crippen LogP contribution < -0.4 is 15.5 Å². The van der Waals surface area contributed by atoms with E-state index in [0.29, 0.717) is 38.9 Å². The molecule has 3 aliphatic heterocycles. The molecule has 6 amide bonds. The van der Waals surface area contributed by atoms with Gasteiger partial charge < -0.3 is 19.5 Å². The van der Waals surface area contributed by atoms with Crippen molar-refractivity contribution in [1.29, 1.82) is 0 Å². The van der Waals surface area contributed by atoms with Gasteiger partial charge in [-0.2, -0.15) is 0 Å². The number of unbranched alkanes of at least 4 members (excludes halogenated alkanes) is 6. The van der Waals surface area contributed by atoms with Crippen LogP contribution in [0.25, 0.3) is 16.8 Å². The minimum Gasteiger partial charge on any atom is -0.469 e. The van der Waals surface area contributed by atoms with E-state index < -0.39 is 29.7 Å². The second-order valence-electron chi connectivity index (χ2n) is 16.5. The maximum Gasteiger partial charge on any atom is 0.262 e. The zero-order valence-electron chi connectivity index (χ0n) is 35.4. The number of hydrogen-bond acceptors (Lipinski definition) is 11. The van der Waals surface area contributed by atoms with Crippen molar-refractivity contribution in [2.75, 3.05) is 37.6 Å². The summed E-state index contributed by atoms with van der Waals surface area (Å²) in [6.07, 6.45) is 15.2.